The van der Waals surface area contributed by atoms with E-state index >= 15 is 0 Å². The first kappa shape index (κ1) is 14.1. The zero-order valence-corrected chi connectivity index (χ0v) is 11.9. The van der Waals surface area contributed by atoms with Gasteiger partial charge in [0.1, 0.15) is 0 Å². The van der Waals surface area contributed by atoms with Crippen LogP contribution >= 0.6 is 0 Å². The number of carbonyl (C=O) groups is 1. The van der Waals surface area contributed by atoms with Gasteiger partial charge >= 0.3 is 0 Å². The summed E-state index contributed by atoms with van der Waals surface area (Å²) >= 11 is 0. The standard InChI is InChI=1S/C16H24N2O/c1-12(11-17)18(2)16(19)10-14-8-5-7-13-6-3-4-9-15(13)14/h3-4,6,9,12,14H,5,7-8,10-11,17H2,1-2H3. The van der Waals surface area contributed by atoms with Crippen molar-refractivity contribution in [2.75, 3.05) is 13.6 Å². The van der Waals surface area contributed by atoms with Crippen molar-refractivity contribution < 1.29 is 4.79 Å². The third-order valence-electron chi connectivity index (χ3n) is 4.31. The van der Waals surface area contributed by atoms with Crippen LogP contribution in [0.2, 0.25) is 0 Å². The number of amides is 1. The summed E-state index contributed by atoms with van der Waals surface area (Å²) < 4.78 is 0. The molecule has 0 heterocycles. The summed E-state index contributed by atoms with van der Waals surface area (Å²) in [7, 11) is 1.86. The van der Waals surface area contributed by atoms with Crippen molar-refractivity contribution in [3.8, 4) is 0 Å². The van der Waals surface area contributed by atoms with Crippen molar-refractivity contribution in [1.29, 1.82) is 0 Å². The Bertz CT molecular complexity index is 444. The van der Waals surface area contributed by atoms with Gasteiger partial charge in [-0.25, -0.2) is 0 Å². The molecule has 1 aromatic rings. The molecule has 104 valence electrons. The van der Waals surface area contributed by atoms with Crippen LogP contribution in [-0.2, 0) is 11.2 Å². The minimum Gasteiger partial charge on any atom is -0.342 e. The van der Waals surface area contributed by atoms with Crippen LogP contribution in [0.4, 0.5) is 0 Å². The van der Waals surface area contributed by atoms with Gasteiger partial charge in [-0.15, -0.1) is 0 Å². The quantitative estimate of drug-likeness (QED) is 0.903. The van der Waals surface area contributed by atoms with Gasteiger partial charge in [0.2, 0.25) is 5.91 Å². The van der Waals surface area contributed by atoms with Crippen molar-refractivity contribution >= 4 is 5.91 Å². The third kappa shape index (κ3) is 3.16. The number of hydrogen-bond donors (Lipinski definition) is 1. The average Bonchev–Trinajstić information content (AvgIpc) is 2.46. The van der Waals surface area contributed by atoms with Crippen LogP contribution in [0.15, 0.2) is 24.3 Å². The molecule has 2 atom stereocenters. The first-order valence-electron chi connectivity index (χ1n) is 7.17. The molecule has 1 amide bonds. The second kappa shape index (κ2) is 6.20. The lowest BCUT2D eigenvalue weighted by Crippen LogP contribution is -2.40. The zero-order chi connectivity index (χ0) is 13.8. The molecule has 2 N–H and O–H groups in total. The highest BCUT2D eigenvalue weighted by molar-refractivity contribution is 5.77. The van der Waals surface area contributed by atoms with E-state index in [9.17, 15) is 4.79 Å². The van der Waals surface area contributed by atoms with Gasteiger partial charge in [0.25, 0.3) is 0 Å². The second-order valence-corrected chi connectivity index (χ2v) is 5.58. The Labute approximate surface area is 115 Å². The first-order chi connectivity index (χ1) is 9.13. The first-order valence-corrected chi connectivity index (χ1v) is 7.17. The summed E-state index contributed by atoms with van der Waals surface area (Å²) in [6.07, 6.45) is 4.06. The van der Waals surface area contributed by atoms with Crippen molar-refractivity contribution in [2.24, 2.45) is 5.73 Å². The molecule has 0 aliphatic heterocycles. The molecule has 0 saturated carbocycles. The molecule has 3 nitrogen and oxygen atoms in total. The van der Waals surface area contributed by atoms with Gasteiger partial charge in [-0.05, 0) is 43.2 Å². The van der Waals surface area contributed by atoms with Crippen molar-refractivity contribution in [1.82, 2.24) is 4.90 Å². The maximum atomic E-state index is 12.3. The minimum absolute atomic E-state index is 0.117. The fraction of sp³-hybridized carbons (Fsp3) is 0.562. The molecule has 0 aromatic heterocycles. The summed E-state index contributed by atoms with van der Waals surface area (Å²) in [4.78, 5) is 14.1. The summed E-state index contributed by atoms with van der Waals surface area (Å²) in [5.41, 5.74) is 8.42. The zero-order valence-electron chi connectivity index (χ0n) is 11.9. The lowest BCUT2D eigenvalue weighted by molar-refractivity contribution is -0.132. The average molecular weight is 260 g/mol. The molecule has 1 aliphatic carbocycles. The monoisotopic (exact) mass is 260 g/mol. The molecule has 2 rings (SSSR count). The Morgan fingerprint density at radius 3 is 2.95 bits per heavy atom. The number of nitrogens with two attached hydrogens (primary N) is 1. The van der Waals surface area contributed by atoms with Crippen LogP contribution in [0.3, 0.4) is 0 Å². The Balaban J connectivity index is 2.06. The van der Waals surface area contributed by atoms with Gasteiger partial charge < -0.3 is 10.6 Å². The lowest BCUT2D eigenvalue weighted by Gasteiger charge is -2.29. The van der Waals surface area contributed by atoms with Gasteiger partial charge in [-0.2, -0.15) is 0 Å². The van der Waals surface area contributed by atoms with Crippen LogP contribution in [0.5, 0.6) is 0 Å². The Hall–Kier alpha value is -1.35. The molecule has 1 aliphatic rings. The van der Waals surface area contributed by atoms with E-state index in [1.165, 1.54) is 17.5 Å². The molecule has 19 heavy (non-hydrogen) atoms. The fourth-order valence-electron chi connectivity index (χ4n) is 2.83. The van der Waals surface area contributed by atoms with E-state index in [1.807, 2.05) is 14.0 Å². The van der Waals surface area contributed by atoms with Crippen LogP contribution < -0.4 is 5.73 Å². The predicted octanol–water partition coefficient (Wildman–Crippen LogP) is 2.30. The minimum atomic E-state index is 0.117. The van der Waals surface area contributed by atoms with E-state index in [2.05, 4.69) is 24.3 Å². The topological polar surface area (TPSA) is 46.3 Å². The van der Waals surface area contributed by atoms with Gasteiger partial charge in [0.15, 0.2) is 0 Å². The molecule has 3 heteroatoms. The summed E-state index contributed by atoms with van der Waals surface area (Å²) in [5.74, 6) is 0.588. The molecule has 2 unspecified atom stereocenters. The number of fused-ring (bicyclic) bond motifs is 1. The number of benzene rings is 1. The van der Waals surface area contributed by atoms with Gasteiger partial charge in [0.05, 0.1) is 0 Å². The van der Waals surface area contributed by atoms with E-state index in [0.29, 0.717) is 18.9 Å². The molecule has 0 radical (unpaired) electrons. The number of likely N-dealkylation sites (N-methyl/N-ethyl adjacent to an activating group) is 1. The molecule has 0 fully saturated rings. The van der Waals surface area contributed by atoms with Crippen LogP contribution in [-0.4, -0.2) is 30.4 Å². The molecule has 0 saturated heterocycles. The number of carbonyl (C=O) groups excluding carboxylic acids is 1. The highest BCUT2D eigenvalue weighted by Gasteiger charge is 2.24. The Kier molecular flexibility index (Phi) is 4.59. The lowest BCUT2D eigenvalue weighted by atomic mass is 9.81. The van der Waals surface area contributed by atoms with Crippen LogP contribution in [0, 0.1) is 0 Å². The van der Waals surface area contributed by atoms with E-state index in [1.54, 1.807) is 4.90 Å². The largest absolute Gasteiger partial charge is 0.342 e. The molecule has 0 spiro atoms. The molecular weight excluding hydrogens is 236 g/mol. The van der Waals surface area contributed by atoms with Gasteiger partial charge in [-0.3, -0.25) is 4.79 Å². The number of rotatable bonds is 4. The van der Waals surface area contributed by atoms with Gasteiger partial charge in [0, 0.05) is 26.1 Å². The third-order valence-corrected chi connectivity index (χ3v) is 4.31. The molecule has 0 bridgehead atoms. The van der Waals surface area contributed by atoms with Crippen molar-refractivity contribution in [3.05, 3.63) is 35.4 Å². The van der Waals surface area contributed by atoms with Crippen LogP contribution in [0.1, 0.15) is 43.2 Å². The maximum absolute atomic E-state index is 12.3. The SMILES string of the molecule is CC(CN)N(C)C(=O)CC1CCCc2ccccc21. The summed E-state index contributed by atoms with van der Waals surface area (Å²) in [5, 5.41) is 0. The number of nitrogens with zero attached hydrogens (tertiary/aromatic N) is 1. The summed E-state index contributed by atoms with van der Waals surface area (Å²) in [6.45, 7) is 2.51. The normalized spacial score (nSPS) is 19.6. The van der Waals surface area contributed by atoms with E-state index in [4.69, 9.17) is 5.73 Å². The van der Waals surface area contributed by atoms with Crippen LogP contribution in [0.25, 0.3) is 0 Å². The number of hydrogen-bond acceptors (Lipinski definition) is 2. The van der Waals surface area contributed by atoms with E-state index < -0.39 is 0 Å². The Morgan fingerprint density at radius 2 is 2.21 bits per heavy atom. The van der Waals surface area contributed by atoms with Gasteiger partial charge in [-0.1, -0.05) is 24.3 Å². The predicted molar refractivity (Wildman–Crippen MR) is 78.0 cm³/mol. The van der Waals surface area contributed by atoms with Crippen molar-refractivity contribution in [2.45, 2.75) is 44.6 Å². The van der Waals surface area contributed by atoms with Crippen molar-refractivity contribution in [3.63, 3.8) is 0 Å². The molecule has 1 aromatic carbocycles. The molecular formula is C16H24N2O. The Morgan fingerprint density at radius 1 is 1.47 bits per heavy atom. The smallest absolute Gasteiger partial charge is 0.223 e. The highest BCUT2D eigenvalue weighted by atomic mass is 16.2. The maximum Gasteiger partial charge on any atom is 0.223 e. The van der Waals surface area contributed by atoms with E-state index in [-0.39, 0.29) is 11.9 Å². The van der Waals surface area contributed by atoms with E-state index in [0.717, 1.165) is 12.8 Å². The summed E-state index contributed by atoms with van der Waals surface area (Å²) in [6, 6.07) is 8.66. The second-order valence-electron chi connectivity index (χ2n) is 5.58. The number of aryl methyl sites for hydroxylation is 1. The fourth-order valence-corrected chi connectivity index (χ4v) is 2.83. The highest BCUT2D eigenvalue weighted by Crippen LogP contribution is 2.34.